The quantitative estimate of drug-likeness (QED) is 0.848. The molecule has 0 saturated heterocycles. The summed E-state index contributed by atoms with van der Waals surface area (Å²) in [5, 5.41) is 0. The molecule has 0 aliphatic carbocycles. The van der Waals surface area contributed by atoms with Gasteiger partial charge in [0.15, 0.2) is 0 Å². The van der Waals surface area contributed by atoms with Crippen molar-refractivity contribution in [2.45, 2.75) is 13.2 Å². The molecule has 0 amide bonds. The highest BCUT2D eigenvalue weighted by Crippen LogP contribution is 2.16. The summed E-state index contributed by atoms with van der Waals surface area (Å²) in [5.41, 5.74) is 7.72. The Labute approximate surface area is 94.9 Å². The highest BCUT2D eigenvalue weighted by Gasteiger charge is 2.01. The molecule has 0 radical (unpaired) electrons. The minimum Gasteiger partial charge on any atom is -0.487 e. The summed E-state index contributed by atoms with van der Waals surface area (Å²) in [5.74, 6) is 0.758. The zero-order valence-electron chi connectivity index (χ0n) is 8.97. The minimum atomic E-state index is 0.465. The summed E-state index contributed by atoms with van der Waals surface area (Å²) in [6.07, 6.45) is 3.42. The molecule has 3 nitrogen and oxygen atoms in total. The number of ether oxygens (including phenoxy) is 1. The molecule has 0 bridgehead atoms. The van der Waals surface area contributed by atoms with Crippen LogP contribution in [0.4, 0.5) is 0 Å². The van der Waals surface area contributed by atoms with Gasteiger partial charge in [0.2, 0.25) is 0 Å². The first-order chi connectivity index (χ1) is 7.90. The van der Waals surface area contributed by atoms with Crippen molar-refractivity contribution < 1.29 is 4.74 Å². The normalized spacial score (nSPS) is 10.1. The lowest BCUT2D eigenvalue weighted by Crippen LogP contribution is -2.03. The van der Waals surface area contributed by atoms with Gasteiger partial charge in [-0.2, -0.15) is 0 Å². The summed E-state index contributed by atoms with van der Waals surface area (Å²) < 4.78 is 5.67. The van der Waals surface area contributed by atoms with Crippen LogP contribution < -0.4 is 10.5 Å². The van der Waals surface area contributed by atoms with Crippen molar-refractivity contribution in [3.05, 3.63) is 59.9 Å². The van der Waals surface area contributed by atoms with Crippen LogP contribution in [0.2, 0.25) is 0 Å². The fraction of sp³-hybridized carbons (Fsp3) is 0.154. The largest absolute Gasteiger partial charge is 0.487 e. The number of nitrogens with two attached hydrogens (primary N) is 1. The fourth-order valence-corrected chi connectivity index (χ4v) is 1.44. The molecule has 0 spiro atoms. The lowest BCUT2D eigenvalue weighted by Gasteiger charge is -2.09. The second-order valence-corrected chi connectivity index (χ2v) is 3.46. The van der Waals surface area contributed by atoms with Crippen molar-refractivity contribution in [2.24, 2.45) is 5.73 Å². The molecule has 16 heavy (non-hydrogen) atoms. The van der Waals surface area contributed by atoms with Crippen molar-refractivity contribution in [1.82, 2.24) is 4.98 Å². The van der Waals surface area contributed by atoms with Gasteiger partial charge in [-0.25, -0.2) is 0 Å². The van der Waals surface area contributed by atoms with E-state index in [9.17, 15) is 0 Å². The van der Waals surface area contributed by atoms with Crippen molar-refractivity contribution in [2.75, 3.05) is 0 Å². The number of nitrogens with zero attached hydrogens (tertiary/aromatic N) is 1. The van der Waals surface area contributed by atoms with Crippen molar-refractivity contribution >= 4 is 0 Å². The van der Waals surface area contributed by atoms with E-state index in [1.807, 2.05) is 36.4 Å². The van der Waals surface area contributed by atoms with Crippen LogP contribution in [0, 0.1) is 0 Å². The van der Waals surface area contributed by atoms with Gasteiger partial charge in [0.25, 0.3) is 0 Å². The SMILES string of the molecule is NCc1ccncc1OCc1ccccc1. The molecule has 0 atom stereocenters. The van der Waals surface area contributed by atoms with Gasteiger partial charge in [0.05, 0.1) is 6.20 Å². The third kappa shape index (κ3) is 2.58. The van der Waals surface area contributed by atoms with E-state index >= 15 is 0 Å². The van der Waals surface area contributed by atoms with Gasteiger partial charge in [0.1, 0.15) is 12.4 Å². The predicted octanol–water partition coefficient (Wildman–Crippen LogP) is 2.12. The van der Waals surface area contributed by atoms with Crippen LogP contribution in [0.5, 0.6) is 5.75 Å². The van der Waals surface area contributed by atoms with Crippen molar-refractivity contribution in [3.8, 4) is 5.75 Å². The van der Waals surface area contributed by atoms with E-state index in [4.69, 9.17) is 10.5 Å². The molecule has 0 aliphatic heterocycles. The molecule has 0 saturated carbocycles. The van der Waals surface area contributed by atoms with Crippen LogP contribution in [0.3, 0.4) is 0 Å². The Morgan fingerprint density at radius 2 is 1.94 bits per heavy atom. The number of hydrogen-bond acceptors (Lipinski definition) is 3. The smallest absolute Gasteiger partial charge is 0.142 e. The lowest BCUT2D eigenvalue weighted by molar-refractivity contribution is 0.301. The molecule has 2 rings (SSSR count). The Morgan fingerprint density at radius 1 is 1.12 bits per heavy atom. The van der Waals surface area contributed by atoms with Crippen LogP contribution in [-0.2, 0) is 13.2 Å². The topological polar surface area (TPSA) is 48.1 Å². The molecular weight excluding hydrogens is 200 g/mol. The van der Waals surface area contributed by atoms with Crippen LogP contribution in [0.1, 0.15) is 11.1 Å². The van der Waals surface area contributed by atoms with E-state index in [1.54, 1.807) is 12.4 Å². The van der Waals surface area contributed by atoms with Gasteiger partial charge in [-0.15, -0.1) is 0 Å². The van der Waals surface area contributed by atoms with E-state index in [1.165, 1.54) is 0 Å². The van der Waals surface area contributed by atoms with E-state index in [-0.39, 0.29) is 0 Å². The third-order valence-electron chi connectivity index (χ3n) is 2.33. The lowest BCUT2D eigenvalue weighted by atomic mass is 10.2. The number of rotatable bonds is 4. The average molecular weight is 214 g/mol. The second-order valence-electron chi connectivity index (χ2n) is 3.46. The highest BCUT2D eigenvalue weighted by atomic mass is 16.5. The van der Waals surface area contributed by atoms with Crippen LogP contribution >= 0.6 is 0 Å². The Kier molecular flexibility index (Phi) is 3.51. The summed E-state index contributed by atoms with van der Waals surface area (Å²) in [7, 11) is 0. The molecule has 1 aromatic heterocycles. The zero-order chi connectivity index (χ0) is 11.2. The van der Waals surface area contributed by atoms with E-state index < -0.39 is 0 Å². The summed E-state index contributed by atoms with van der Waals surface area (Å²) in [6.45, 7) is 1.01. The second kappa shape index (κ2) is 5.28. The number of benzene rings is 1. The summed E-state index contributed by atoms with van der Waals surface area (Å²) in [4.78, 5) is 4.03. The van der Waals surface area contributed by atoms with Crippen molar-refractivity contribution in [1.29, 1.82) is 0 Å². The zero-order valence-corrected chi connectivity index (χ0v) is 8.97. The van der Waals surface area contributed by atoms with Gasteiger partial charge in [0, 0.05) is 18.3 Å². The molecule has 2 aromatic rings. The Morgan fingerprint density at radius 3 is 2.69 bits per heavy atom. The molecule has 0 unspecified atom stereocenters. The molecule has 2 N–H and O–H groups in total. The van der Waals surface area contributed by atoms with Crippen LogP contribution in [0.25, 0.3) is 0 Å². The van der Waals surface area contributed by atoms with Gasteiger partial charge < -0.3 is 10.5 Å². The summed E-state index contributed by atoms with van der Waals surface area (Å²) in [6, 6.07) is 11.9. The van der Waals surface area contributed by atoms with Gasteiger partial charge >= 0.3 is 0 Å². The fourth-order valence-electron chi connectivity index (χ4n) is 1.44. The monoisotopic (exact) mass is 214 g/mol. The minimum absolute atomic E-state index is 0.465. The number of pyridine rings is 1. The first-order valence-corrected chi connectivity index (χ1v) is 5.20. The Balaban J connectivity index is 2.05. The molecule has 0 aliphatic rings. The van der Waals surface area contributed by atoms with Gasteiger partial charge in [-0.05, 0) is 11.6 Å². The average Bonchev–Trinajstić information content (AvgIpc) is 2.38. The first-order valence-electron chi connectivity index (χ1n) is 5.20. The van der Waals surface area contributed by atoms with E-state index in [0.717, 1.165) is 16.9 Å². The maximum atomic E-state index is 5.67. The molecular formula is C13H14N2O. The maximum Gasteiger partial charge on any atom is 0.142 e. The molecule has 0 fully saturated rings. The summed E-state index contributed by atoms with van der Waals surface area (Å²) >= 11 is 0. The molecule has 3 heteroatoms. The number of aromatic nitrogens is 1. The Hall–Kier alpha value is -1.87. The van der Waals surface area contributed by atoms with E-state index in [2.05, 4.69) is 4.98 Å². The first kappa shape index (κ1) is 10.6. The molecule has 1 heterocycles. The van der Waals surface area contributed by atoms with Crippen LogP contribution in [-0.4, -0.2) is 4.98 Å². The standard InChI is InChI=1S/C13H14N2O/c14-8-12-6-7-15-9-13(12)16-10-11-4-2-1-3-5-11/h1-7,9H,8,10,14H2. The van der Waals surface area contributed by atoms with E-state index in [0.29, 0.717) is 13.2 Å². The molecule has 1 aromatic carbocycles. The van der Waals surface area contributed by atoms with Gasteiger partial charge in [-0.3, -0.25) is 4.98 Å². The number of hydrogen-bond donors (Lipinski definition) is 1. The highest BCUT2D eigenvalue weighted by molar-refractivity contribution is 5.29. The van der Waals surface area contributed by atoms with Crippen LogP contribution in [0.15, 0.2) is 48.8 Å². The van der Waals surface area contributed by atoms with Crippen molar-refractivity contribution in [3.63, 3.8) is 0 Å². The third-order valence-corrected chi connectivity index (χ3v) is 2.33. The molecule has 82 valence electrons. The predicted molar refractivity (Wildman–Crippen MR) is 62.9 cm³/mol. The maximum absolute atomic E-state index is 5.67. The van der Waals surface area contributed by atoms with Gasteiger partial charge in [-0.1, -0.05) is 30.3 Å². The Bertz CT molecular complexity index is 443.